The fourth-order valence-electron chi connectivity index (χ4n) is 2.66. The molecular weight excluding hydrogens is 417 g/mol. The van der Waals surface area contributed by atoms with Gasteiger partial charge in [0.15, 0.2) is 5.96 Å². The molecule has 0 radical (unpaired) electrons. The second-order valence-electron chi connectivity index (χ2n) is 6.11. The van der Waals surface area contributed by atoms with Crippen molar-refractivity contribution >= 4 is 29.9 Å². The Bertz CT molecular complexity index is 517. The predicted octanol–water partition coefficient (Wildman–Crippen LogP) is 2.80. The summed E-state index contributed by atoms with van der Waals surface area (Å²) in [7, 11) is 0. The molecule has 0 spiro atoms. The van der Waals surface area contributed by atoms with Crippen molar-refractivity contribution in [3.8, 4) is 5.75 Å². The SMILES string of the molecule is CCNC(=NCC(C)Oc1ccccc1C)N1CCC(O)CC1.I. The van der Waals surface area contributed by atoms with Crippen LogP contribution in [0.25, 0.3) is 0 Å². The summed E-state index contributed by atoms with van der Waals surface area (Å²) in [5, 5.41) is 13.0. The lowest BCUT2D eigenvalue weighted by Crippen LogP contribution is -2.47. The number of piperidine rings is 1. The van der Waals surface area contributed by atoms with Gasteiger partial charge >= 0.3 is 0 Å². The molecule has 1 aliphatic heterocycles. The fraction of sp³-hybridized carbons (Fsp3) is 0.611. The van der Waals surface area contributed by atoms with Gasteiger partial charge in [-0.05, 0) is 45.2 Å². The number of benzene rings is 1. The Balaban J connectivity index is 0.00000288. The van der Waals surface area contributed by atoms with Crippen LogP contribution >= 0.6 is 24.0 Å². The minimum atomic E-state index is -0.169. The second-order valence-corrected chi connectivity index (χ2v) is 6.11. The first-order valence-corrected chi connectivity index (χ1v) is 8.53. The number of hydrogen-bond donors (Lipinski definition) is 2. The highest BCUT2D eigenvalue weighted by Gasteiger charge is 2.19. The van der Waals surface area contributed by atoms with Gasteiger partial charge in [-0.25, -0.2) is 4.99 Å². The third-order valence-electron chi connectivity index (χ3n) is 4.02. The molecule has 1 saturated heterocycles. The van der Waals surface area contributed by atoms with Crippen LogP contribution in [0.15, 0.2) is 29.3 Å². The lowest BCUT2D eigenvalue weighted by Gasteiger charge is -2.32. The Morgan fingerprint density at radius 2 is 2.04 bits per heavy atom. The molecule has 0 bridgehead atoms. The number of aliphatic hydroxyl groups excluding tert-OH is 1. The first-order chi connectivity index (χ1) is 11.1. The number of likely N-dealkylation sites (tertiary alicyclic amines) is 1. The third kappa shape index (κ3) is 6.47. The van der Waals surface area contributed by atoms with Crippen molar-refractivity contribution in [2.75, 3.05) is 26.2 Å². The molecule has 1 aromatic carbocycles. The zero-order chi connectivity index (χ0) is 16.7. The van der Waals surface area contributed by atoms with E-state index in [4.69, 9.17) is 9.73 Å². The van der Waals surface area contributed by atoms with Crippen LogP contribution in [-0.2, 0) is 0 Å². The number of rotatable bonds is 5. The van der Waals surface area contributed by atoms with Crippen LogP contribution in [0.5, 0.6) is 5.75 Å². The van der Waals surface area contributed by atoms with E-state index in [0.717, 1.165) is 49.7 Å². The minimum Gasteiger partial charge on any atom is -0.489 e. The predicted molar refractivity (Wildman–Crippen MR) is 109 cm³/mol. The average molecular weight is 447 g/mol. The highest BCUT2D eigenvalue weighted by atomic mass is 127. The Hall–Kier alpha value is -1.02. The van der Waals surface area contributed by atoms with Crippen LogP contribution in [0.4, 0.5) is 0 Å². The third-order valence-corrected chi connectivity index (χ3v) is 4.02. The summed E-state index contributed by atoms with van der Waals surface area (Å²) in [5.74, 6) is 1.83. The first kappa shape index (κ1) is 21.0. The van der Waals surface area contributed by atoms with Gasteiger partial charge in [0.05, 0.1) is 12.6 Å². The van der Waals surface area contributed by atoms with E-state index in [1.165, 1.54) is 0 Å². The van der Waals surface area contributed by atoms with E-state index < -0.39 is 0 Å². The van der Waals surface area contributed by atoms with Gasteiger partial charge in [-0.1, -0.05) is 18.2 Å². The molecule has 0 amide bonds. The molecule has 2 N–H and O–H groups in total. The van der Waals surface area contributed by atoms with E-state index in [0.29, 0.717) is 6.54 Å². The van der Waals surface area contributed by atoms with Gasteiger partial charge < -0.3 is 20.1 Å². The maximum Gasteiger partial charge on any atom is 0.194 e. The lowest BCUT2D eigenvalue weighted by atomic mass is 10.1. The van der Waals surface area contributed by atoms with Crippen LogP contribution in [0.2, 0.25) is 0 Å². The minimum absolute atomic E-state index is 0. The molecule has 1 aliphatic rings. The quantitative estimate of drug-likeness (QED) is 0.414. The molecule has 6 heteroatoms. The van der Waals surface area contributed by atoms with Crippen molar-refractivity contribution in [3.63, 3.8) is 0 Å². The van der Waals surface area contributed by atoms with E-state index in [9.17, 15) is 5.11 Å². The molecule has 5 nitrogen and oxygen atoms in total. The zero-order valence-electron chi connectivity index (χ0n) is 14.9. The Morgan fingerprint density at radius 3 is 2.67 bits per heavy atom. The molecule has 136 valence electrons. The summed E-state index contributed by atoms with van der Waals surface area (Å²) < 4.78 is 5.98. The molecule has 0 aromatic heterocycles. The Morgan fingerprint density at radius 1 is 1.38 bits per heavy atom. The Kier molecular flexibility index (Phi) is 9.43. The molecule has 0 saturated carbocycles. The summed E-state index contributed by atoms with van der Waals surface area (Å²) in [5.41, 5.74) is 1.14. The smallest absolute Gasteiger partial charge is 0.194 e. The van der Waals surface area contributed by atoms with E-state index in [2.05, 4.69) is 30.1 Å². The molecule has 0 aliphatic carbocycles. The number of nitrogens with zero attached hydrogens (tertiary/aromatic N) is 2. The normalized spacial score (nSPS) is 17.2. The molecule has 1 unspecified atom stereocenters. The molecule has 1 fully saturated rings. The Labute approximate surface area is 162 Å². The molecule has 24 heavy (non-hydrogen) atoms. The van der Waals surface area contributed by atoms with Gasteiger partial charge in [-0.2, -0.15) is 0 Å². The summed E-state index contributed by atoms with van der Waals surface area (Å²) in [6.45, 7) is 9.30. The maximum atomic E-state index is 9.64. The number of ether oxygens (including phenoxy) is 1. The van der Waals surface area contributed by atoms with Crippen molar-refractivity contribution in [2.45, 2.75) is 45.8 Å². The van der Waals surface area contributed by atoms with Crippen LogP contribution in [-0.4, -0.2) is 54.4 Å². The standard InChI is InChI=1S/C18H29N3O2.HI/c1-4-19-18(21-11-9-16(22)10-12-21)20-13-15(3)23-17-8-6-5-7-14(17)2;/h5-8,15-16,22H,4,9-13H2,1-3H3,(H,19,20);1H. The fourth-order valence-corrected chi connectivity index (χ4v) is 2.66. The van der Waals surface area contributed by atoms with E-state index in [-0.39, 0.29) is 36.2 Å². The monoisotopic (exact) mass is 447 g/mol. The molecule has 1 aromatic rings. The highest BCUT2D eigenvalue weighted by Crippen LogP contribution is 2.18. The number of guanidine groups is 1. The van der Waals surface area contributed by atoms with Crippen LogP contribution in [0.1, 0.15) is 32.3 Å². The van der Waals surface area contributed by atoms with Gasteiger partial charge in [0.1, 0.15) is 11.9 Å². The van der Waals surface area contributed by atoms with Gasteiger partial charge in [0.2, 0.25) is 0 Å². The van der Waals surface area contributed by atoms with E-state index in [1.807, 2.05) is 25.1 Å². The molecule has 1 atom stereocenters. The van der Waals surface area contributed by atoms with Gasteiger partial charge in [0, 0.05) is 19.6 Å². The van der Waals surface area contributed by atoms with Gasteiger partial charge in [-0.3, -0.25) is 0 Å². The lowest BCUT2D eigenvalue weighted by molar-refractivity contribution is 0.107. The number of aliphatic imine (C=N–C) groups is 1. The largest absolute Gasteiger partial charge is 0.489 e. The van der Waals surface area contributed by atoms with Crippen molar-refractivity contribution in [3.05, 3.63) is 29.8 Å². The van der Waals surface area contributed by atoms with Crippen LogP contribution < -0.4 is 10.1 Å². The number of halogens is 1. The van der Waals surface area contributed by atoms with Crippen molar-refractivity contribution in [2.24, 2.45) is 4.99 Å². The highest BCUT2D eigenvalue weighted by molar-refractivity contribution is 14.0. The van der Waals surface area contributed by atoms with E-state index in [1.54, 1.807) is 0 Å². The average Bonchev–Trinajstić information content (AvgIpc) is 2.54. The topological polar surface area (TPSA) is 57.1 Å². The van der Waals surface area contributed by atoms with Gasteiger partial charge in [0.25, 0.3) is 0 Å². The summed E-state index contributed by atoms with van der Waals surface area (Å²) >= 11 is 0. The summed E-state index contributed by atoms with van der Waals surface area (Å²) in [6, 6.07) is 8.04. The maximum absolute atomic E-state index is 9.64. The van der Waals surface area contributed by atoms with Crippen molar-refractivity contribution in [1.82, 2.24) is 10.2 Å². The van der Waals surface area contributed by atoms with Crippen LogP contribution in [0, 0.1) is 6.92 Å². The molecule has 2 rings (SSSR count). The molecular formula is C18H30IN3O2. The van der Waals surface area contributed by atoms with E-state index >= 15 is 0 Å². The summed E-state index contributed by atoms with van der Waals surface area (Å²) in [6.07, 6.45) is 1.46. The van der Waals surface area contributed by atoms with Crippen molar-refractivity contribution in [1.29, 1.82) is 0 Å². The molecule has 1 heterocycles. The summed E-state index contributed by atoms with van der Waals surface area (Å²) in [4.78, 5) is 6.93. The second kappa shape index (κ2) is 10.8. The first-order valence-electron chi connectivity index (χ1n) is 8.53. The number of hydrogen-bond acceptors (Lipinski definition) is 3. The number of para-hydroxylation sites is 1. The van der Waals surface area contributed by atoms with Crippen LogP contribution in [0.3, 0.4) is 0 Å². The number of aryl methyl sites for hydroxylation is 1. The van der Waals surface area contributed by atoms with Gasteiger partial charge in [-0.15, -0.1) is 24.0 Å². The van der Waals surface area contributed by atoms with Crippen molar-refractivity contribution < 1.29 is 9.84 Å². The number of nitrogens with one attached hydrogen (secondary N) is 1. The number of aliphatic hydroxyl groups is 1. The zero-order valence-corrected chi connectivity index (χ0v) is 17.2.